The molecule has 76 valence electrons. The van der Waals surface area contributed by atoms with Gasteiger partial charge in [-0.05, 0) is 0 Å². The van der Waals surface area contributed by atoms with Gasteiger partial charge in [0.05, 0.1) is 14.2 Å². The Kier molecular flexibility index (Phi) is 4.98. The number of methoxy groups -OCH3 is 2. The number of hydrogen-bond acceptors (Lipinski definition) is 5. The van der Waals surface area contributed by atoms with E-state index < -0.39 is 30.6 Å². The third-order valence-electron chi connectivity index (χ3n) is 1.42. The molecule has 0 aliphatic heterocycles. The quantitative estimate of drug-likeness (QED) is 0.602. The van der Waals surface area contributed by atoms with Crippen molar-refractivity contribution in [2.24, 2.45) is 5.73 Å². The molecule has 13 heavy (non-hydrogen) atoms. The minimum absolute atomic E-state index is 0.431. The van der Waals surface area contributed by atoms with Crippen LogP contribution in [0.15, 0.2) is 0 Å². The largest absolute Gasteiger partial charge is 0.468 e. The lowest BCUT2D eigenvalue weighted by molar-refractivity contribution is -0.148. The zero-order chi connectivity index (χ0) is 10.4. The molecular weight excluding hydrogens is 181 g/mol. The lowest BCUT2D eigenvalue weighted by Crippen LogP contribution is -2.36. The summed E-state index contributed by atoms with van der Waals surface area (Å²) in [4.78, 5) is 21.2. The molecule has 0 saturated carbocycles. The number of rotatable bonds is 4. The Morgan fingerprint density at radius 3 is 2.15 bits per heavy atom. The summed E-state index contributed by atoms with van der Waals surface area (Å²) in [5.41, 5.74) is 5.20. The fraction of sp³-hybridized carbons (Fsp3) is 0.714. The molecule has 0 amide bonds. The Morgan fingerprint density at radius 1 is 1.31 bits per heavy atom. The highest BCUT2D eigenvalue weighted by molar-refractivity contribution is 5.78. The standard InChI is InChI=1S/C7H12FNO4/c1-12-6(10)4(8)3-5(9)7(11)13-2/h4-5H,3,9H2,1-2H3. The summed E-state index contributed by atoms with van der Waals surface area (Å²) in [6.07, 6.45) is -2.32. The van der Waals surface area contributed by atoms with Crippen LogP contribution in [0.5, 0.6) is 0 Å². The lowest BCUT2D eigenvalue weighted by Gasteiger charge is -2.10. The van der Waals surface area contributed by atoms with E-state index in [9.17, 15) is 14.0 Å². The fourth-order valence-electron chi connectivity index (χ4n) is 0.695. The van der Waals surface area contributed by atoms with Crippen molar-refractivity contribution in [3.63, 3.8) is 0 Å². The highest BCUT2D eigenvalue weighted by Crippen LogP contribution is 2.04. The molecule has 0 aromatic rings. The van der Waals surface area contributed by atoms with E-state index in [-0.39, 0.29) is 0 Å². The van der Waals surface area contributed by atoms with E-state index in [0.717, 1.165) is 14.2 Å². The number of carbonyl (C=O) groups is 2. The van der Waals surface area contributed by atoms with Gasteiger partial charge in [-0.25, -0.2) is 9.18 Å². The number of ether oxygens (including phenoxy) is 2. The molecule has 0 aliphatic carbocycles. The molecule has 2 unspecified atom stereocenters. The second-order valence-electron chi connectivity index (χ2n) is 2.36. The van der Waals surface area contributed by atoms with E-state index in [1.807, 2.05) is 0 Å². The summed E-state index contributed by atoms with van der Waals surface area (Å²) in [5, 5.41) is 0. The zero-order valence-electron chi connectivity index (χ0n) is 7.45. The van der Waals surface area contributed by atoms with Gasteiger partial charge in [-0.3, -0.25) is 4.79 Å². The van der Waals surface area contributed by atoms with E-state index in [0.29, 0.717) is 0 Å². The van der Waals surface area contributed by atoms with Crippen LogP contribution in [0.3, 0.4) is 0 Å². The average molecular weight is 193 g/mol. The van der Waals surface area contributed by atoms with Crippen molar-refractivity contribution in [2.45, 2.75) is 18.6 Å². The monoisotopic (exact) mass is 193 g/mol. The third kappa shape index (κ3) is 3.84. The van der Waals surface area contributed by atoms with Gasteiger partial charge in [0.25, 0.3) is 0 Å². The van der Waals surface area contributed by atoms with Gasteiger partial charge in [0.2, 0.25) is 0 Å². The maximum absolute atomic E-state index is 12.8. The summed E-state index contributed by atoms with van der Waals surface area (Å²) in [7, 11) is 2.19. The first kappa shape index (κ1) is 11.8. The third-order valence-corrected chi connectivity index (χ3v) is 1.42. The van der Waals surface area contributed by atoms with Crippen molar-refractivity contribution in [2.75, 3.05) is 14.2 Å². The molecule has 0 rings (SSSR count). The van der Waals surface area contributed by atoms with Crippen molar-refractivity contribution >= 4 is 11.9 Å². The van der Waals surface area contributed by atoms with Crippen LogP contribution in [-0.2, 0) is 19.1 Å². The van der Waals surface area contributed by atoms with Crippen LogP contribution >= 0.6 is 0 Å². The summed E-state index contributed by atoms with van der Waals surface area (Å²) >= 11 is 0. The molecule has 5 nitrogen and oxygen atoms in total. The summed E-state index contributed by atoms with van der Waals surface area (Å²) < 4.78 is 21.1. The van der Waals surface area contributed by atoms with Crippen LogP contribution in [0.1, 0.15) is 6.42 Å². The van der Waals surface area contributed by atoms with Crippen molar-refractivity contribution < 1.29 is 23.5 Å². The molecule has 0 heterocycles. The van der Waals surface area contributed by atoms with E-state index >= 15 is 0 Å². The topological polar surface area (TPSA) is 78.6 Å². The SMILES string of the molecule is COC(=O)C(N)CC(F)C(=O)OC. The van der Waals surface area contributed by atoms with Gasteiger partial charge in [0, 0.05) is 6.42 Å². The zero-order valence-corrected chi connectivity index (χ0v) is 7.45. The van der Waals surface area contributed by atoms with E-state index in [1.54, 1.807) is 0 Å². The van der Waals surface area contributed by atoms with E-state index in [2.05, 4.69) is 9.47 Å². The summed E-state index contributed by atoms with van der Waals surface area (Å²) in [6, 6.07) is -1.14. The first-order chi connectivity index (χ1) is 6.02. The van der Waals surface area contributed by atoms with Crippen LogP contribution in [-0.4, -0.2) is 38.4 Å². The Labute approximate surface area is 75.0 Å². The Morgan fingerprint density at radius 2 is 1.77 bits per heavy atom. The van der Waals surface area contributed by atoms with Gasteiger partial charge in [-0.1, -0.05) is 0 Å². The average Bonchev–Trinajstić information content (AvgIpc) is 2.14. The number of carbonyl (C=O) groups excluding carboxylic acids is 2. The Balaban J connectivity index is 3.98. The van der Waals surface area contributed by atoms with Crippen LogP contribution in [0.25, 0.3) is 0 Å². The molecule has 0 aromatic carbocycles. The van der Waals surface area contributed by atoms with Crippen LogP contribution in [0.4, 0.5) is 4.39 Å². The minimum Gasteiger partial charge on any atom is -0.468 e. The molecule has 2 atom stereocenters. The van der Waals surface area contributed by atoms with Crippen molar-refractivity contribution in [1.29, 1.82) is 0 Å². The highest BCUT2D eigenvalue weighted by atomic mass is 19.1. The normalized spacial score (nSPS) is 14.5. The molecule has 0 aromatic heterocycles. The molecular formula is C7H12FNO4. The smallest absolute Gasteiger partial charge is 0.340 e. The maximum Gasteiger partial charge on any atom is 0.340 e. The van der Waals surface area contributed by atoms with Gasteiger partial charge in [0.15, 0.2) is 6.17 Å². The van der Waals surface area contributed by atoms with Gasteiger partial charge in [-0.15, -0.1) is 0 Å². The van der Waals surface area contributed by atoms with E-state index in [4.69, 9.17) is 5.73 Å². The molecule has 0 bridgehead atoms. The maximum atomic E-state index is 12.8. The van der Waals surface area contributed by atoms with Gasteiger partial charge < -0.3 is 15.2 Å². The molecule has 0 radical (unpaired) electrons. The summed E-state index contributed by atoms with van der Waals surface area (Å²) in [5.74, 6) is -1.80. The van der Waals surface area contributed by atoms with Crippen LogP contribution in [0.2, 0.25) is 0 Å². The van der Waals surface area contributed by atoms with Gasteiger partial charge in [-0.2, -0.15) is 0 Å². The molecule has 0 aliphatic rings. The number of alkyl halides is 1. The second-order valence-corrected chi connectivity index (χ2v) is 2.36. The van der Waals surface area contributed by atoms with Gasteiger partial charge >= 0.3 is 11.9 Å². The van der Waals surface area contributed by atoms with Crippen LogP contribution < -0.4 is 5.73 Å². The van der Waals surface area contributed by atoms with Gasteiger partial charge in [0.1, 0.15) is 6.04 Å². The number of esters is 2. The lowest BCUT2D eigenvalue weighted by atomic mass is 10.1. The number of nitrogens with two attached hydrogens (primary N) is 1. The Bertz CT molecular complexity index is 177. The fourth-order valence-corrected chi connectivity index (χ4v) is 0.695. The predicted molar refractivity (Wildman–Crippen MR) is 41.5 cm³/mol. The number of hydrogen-bond donors (Lipinski definition) is 1. The Hall–Kier alpha value is -1.17. The first-order valence-corrected chi connectivity index (χ1v) is 3.58. The highest BCUT2D eigenvalue weighted by Gasteiger charge is 2.25. The molecule has 2 N–H and O–H groups in total. The number of halogens is 1. The molecule has 6 heteroatoms. The van der Waals surface area contributed by atoms with E-state index in [1.165, 1.54) is 0 Å². The van der Waals surface area contributed by atoms with Crippen molar-refractivity contribution in [3.8, 4) is 0 Å². The summed E-state index contributed by atoms with van der Waals surface area (Å²) in [6.45, 7) is 0. The predicted octanol–water partition coefficient (Wildman–Crippen LogP) is -0.612. The molecule has 0 fully saturated rings. The molecule has 0 spiro atoms. The van der Waals surface area contributed by atoms with Crippen LogP contribution in [0, 0.1) is 0 Å². The first-order valence-electron chi connectivity index (χ1n) is 3.58. The van der Waals surface area contributed by atoms with Crippen molar-refractivity contribution in [1.82, 2.24) is 0 Å². The molecule has 0 saturated heterocycles. The van der Waals surface area contributed by atoms with Crippen molar-refractivity contribution in [3.05, 3.63) is 0 Å². The second kappa shape index (κ2) is 5.47. The minimum atomic E-state index is -1.89.